The van der Waals surface area contributed by atoms with E-state index in [1.54, 1.807) is 0 Å². The molecule has 1 rings (SSSR count). The summed E-state index contributed by atoms with van der Waals surface area (Å²) in [6.45, 7) is 12.6. The minimum atomic E-state index is -0.0728. The first-order chi connectivity index (χ1) is 7.70. The Morgan fingerprint density at radius 3 is 2.29 bits per heavy atom. The molecule has 0 saturated carbocycles. The standard InChI is InChI=1S/C14H22BrNO/c1-7-12(15)13(17)11-8-9(2)16(10(11)3)14(4,5)6/h8,12H,7H2,1-6H3. The van der Waals surface area contributed by atoms with E-state index in [1.165, 1.54) is 0 Å². The van der Waals surface area contributed by atoms with Gasteiger partial charge in [-0.2, -0.15) is 0 Å². The average Bonchev–Trinajstić information content (AvgIpc) is 2.51. The van der Waals surface area contributed by atoms with E-state index < -0.39 is 0 Å². The van der Waals surface area contributed by atoms with Crippen molar-refractivity contribution in [1.82, 2.24) is 4.57 Å². The Morgan fingerprint density at radius 2 is 1.94 bits per heavy atom. The quantitative estimate of drug-likeness (QED) is 0.605. The van der Waals surface area contributed by atoms with Gasteiger partial charge in [0.1, 0.15) is 0 Å². The first kappa shape index (κ1) is 14.5. The summed E-state index contributed by atoms with van der Waals surface area (Å²) in [5, 5.41) is 0. The monoisotopic (exact) mass is 299 g/mol. The summed E-state index contributed by atoms with van der Waals surface area (Å²) in [6.07, 6.45) is 0.817. The number of alkyl halides is 1. The normalized spacial score (nSPS) is 13.8. The number of aromatic nitrogens is 1. The van der Waals surface area contributed by atoms with Crippen LogP contribution in [-0.2, 0) is 5.54 Å². The number of carbonyl (C=O) groups is 1. The summed E-state index contributed by atoms with van der Waals surface area (Å²) < 4.78 is 2.23. The molecule has 0 aromatic carbocycles. The van der Waals surface area contributed by atoms with Gasteiger partial charge in [0.15, 0.2) is 5.78 Å². The van der Waals surface area contributed by atoms with Crippen LogP contribution in [0.15, 0.2) is 6.07 Å². The molecule has 1 atom stereocenters. The number of hydrogen-bond acceptors (Lipinski definition) is 1. The van der Waals surface area contributed by atoms with Crippen molar-refractivity contribution >= 4 is 21.7 Å². The molecule has 96 valence electrons. The number of halogens is 1. The van der Waals surface area contributed by atoms with Crippen LogP contribution in [0.3, 0.4) is 0 Å². The Kier molecular flexibility index (Phi) is 4.23. The molecule has 0 N–H and O–H groups in total. The van der Waals surface area contributed by atoms with E-state index in [4.69, 9.17) is 0 Å². The van der Waals surface area contributed by atoms with Gasteiger partial charge in [-0.3, -0.25) is 4.79 Å². The molecule has 0 spiro atoms. The number of rotatable bonds is 3. The van der Waals surface area contributed by atoms with Gasteiger partial charge in [-0.05, 0) is 47.1 Å². The maximum absolute atomic E-state index is 12.2. The predicted octanol–water partition coefficient (Wildman–Crippen LogP) is 4.22. The summed E-state index contributed by atoms with van der Waals surface area (Å²) in [4.78, 5) is 12.2. The Bertz CT molecular complexity index is 426. The van der Waals surface area contributed by atoms with Crippen LogP contribution in [0.25, 0.3) is 0 Å². The van der Waals surface area contributed by atoms with E-state index in [-0.39, 0.29) is 16.1 Å². The number of Topliss-reactive ketones (excluding diaryl/α,β-unsaturated/α-hetero) is 1. The lowest BCUT2D eigenvalue weighted by atomic mass is 10.1. The molecule has 0 aliphatic heterocycles. The molecule has 1 aromatic heterocycles. The molecule has 1 heterocycles. The first-order valence-corrected chi connectivity index (χ1v) is 6.99. The molecular weight excluding hydrogens is 278 g/mol. The van der Waals surface area contributed by atoms with Gasteiger partial charge in [-0.1, -0.05) is 22.9 Å². The van der Waals surface area contributed by atoms with Crippen LogP contribution in [0.2, 0.25) is 0 Å². The summed E-state index contributed by atoms with van der Waals surface area (Å²) >= 11 is 3.44. The van der Waals surface area contributed by atoms with Gasteiger partial charge >= 0.3 is 0 Å². The molecule has 0 bridgehead atoms. The second-order valence-electron chi connectivity index (χ2n) is 5.53. The lowest BCUT2D eigenvalue weighted by Crippen LogP contribution is -2.24. The average molecular weight is 300 g/mol. The van der Waals surface area contributed by atoms with Crippen LogP contribution in [0.5, 0.6) is 0 Å². The lowest BCUT2D eigenvalue weighted by molar-refractivity contribution is 0.0989. The first-order valence-electron chi connectivity index (χ1n) is 6.07. The van der Waals surface area contributed by atoms with Crippen LogP contribution >= 0.6 is 15.9 Å². The fraction of sp³-hybridized carbons (Fsp3) is 0.643. The molecule has 0 saturated heterocycles. The topological polar surface area (TPSA) is 22.0 Å². The zero-order valence-corrected chi connectivity index (χ0v) is 13.2. The van der Waals surface area contributed by atoms with E-state index in [9.17, 15) is 4.79 Å². The van der Waals surface area contributed by atoms with Crippen LogP contribution in [0, 0.1) is 13.8 Å². The molecule has 17 heavy (non-hydrogen) atoms. The van der Waals surface area contributed by atoms with Crippen LogP contribution in [0.4, 0.5) is 0 Å². The van der Waals surface area contributed by atoms with Gasteiger partial charge in [-0.15, -0.1) is 0 Å². The number of hydrogen-bond donors (Lipinski definition) is 0. The van der Waals surface area contributed by atoms with Crippen LogP contribution in [0.1, 0.15) is 55.9 Å². The minimum absolute atomic E-state index is 0.0146. The van der Waals surface area contributed by atoms with E-state index in [1.807, 2.05) is 19.9 Å². The lowest BCUT2D eigenvalue weighted by Gasteiger charge is -2.26. The van der Waals surface area contributed by atoms with Crippen molar-refractivity contribution in [1.29, 1.82) is 0 Å². The van der Waals surface area contributed by atoms with Crippen LogP contribution < -0.4 is 0 Å². The second kappa shape index (κ2) is 4.97. The zero-order valence-electron chi connectivity index (χ0n) is 11.6. The third kappa shape index (κ3) is 2.82. The van der Waals surface area contributed by atoms with Crippen molar-refractivity contribution in [2.24, 2.45) is 0 Å². The highest BCUT2D eigenvalue weighted by molar-refractivity contribution is 9.10. The van der Waals surface area contributed by atoms with Crippen molar-refractivity contribution in [3.63, 3.8) is 0 Å². The number of carbonyl (C=O) groups excluding carboxylic acids is 1. The molecule has 0 amide bonds. The van der Waals surface area contributed by atoms with Gasteiger partial charge in [0.2, 0.25) is 0 Å². The van der Waals surface area contributed by atoms with Gasteiger partial charge < -0.3 is 4.57 Å². The number of ketones is 1. The molecular formula is C14H22BrNO. The maximum Gasteiger partial charge on any atom is 0.178 e. The number of aryl methyl sites for hydroxylation is 1. The Hall–Kier alpha value is -0.570. The molecule has 0 aliphatic rings. The van der Waals surface area contributed by atoms with E-state index in [0.717, 1.165) is 23.4 Å². The highest BCUT2D eigenvalue weighted by Gasteiger charge is 2.25. The largest absolute Gasteiger partial charge is 0.343 e. The Labute approximate surface area is 113 Å². The number of nitrogens with zero attached hydrogens (tertiary/aromatic N) is 1. The van der Waals surface area contributed by atoms with E-state index >= 15 is 0 Å². The van der Waals surface area contributed by atoms with Crippen molar-refractivity contribution in [2.75, 3.05) is 0 Å². The second-order valence-corrected chi connectivity index (χ2v) is 6.64. The van der Waals surface area contributed by atoms with E-state index in [2.05, 4.69) is 48.2 Å². The highest BCUT2D eigenvalue weighted by atomic mass is 79.9. The zero-order chi connectivity index (χ0) is 13.4. The third-order valence-corrected chi connectivity index (χ3v) is 4.07. The third-order valence-electron chi connectivity index (χ3n) is 3.01. The molecule has 3 heteroatoms. The molecule has 1 unspecified atom stereocenters. The van der Waals surface area contributed by atoms with E-state index in [0.29, 0.717) is 0 Å². The summed E-state index contributed by atoms with van der Waals surface area (Å²) in [5.74, 6) is 0.191. The van der Waals surface area contributed by atoms with Crippen LogP contribution in [-0.4, -0.2) is 15.2 Å². The van der Waals surface area contributed by atoms with Gasteiger partial charge in [0.05, 0.1) is 4.83 Å². The van der Waals surface area contributed by atoms with Gasteiger partial charge in [0, 0.05) is 22.5 Å². The predicted molar refractivity (Wildman–Crippen MR) is 76.2 cm³/mol. The molecule has 0 radical (unpaired) electrons. The summed E-state index contributed by atoms with van der Waals surface area (Å²) in [5.41, 5.74) is 3.08. The Morgan fingerprint density at radius 1 is 1.41 bits per heavy atom. The van der Waals surface area contributed by atoms with Crippen molar-refractivity contribution in [2.45, 2.75) is 58.3 Å². The summed E-state index contributed by atoms with van der Waals surface area (Å²) in [6, 6.07) is 2.01. The molecule has 0 fully saturated rings. The Balaban J connectivity index is 3.27. The van der Waals surface area contributed by atoms with Crippen molar-refractivity contribution in [3.8, 4) is 0 Å². The maximum atomic E-state index is 12.2. The highest BCUT2D eigenvalue weighted by Crippen LogP contribution is 2.26. The van der Waals surface area contributed by atoms with Gasteiger partial charge in [0.25, 0.3) is 0 Å². The van der Waals surface area contributed by atoms with Crippen molar-refractivity contribution < 1.29 is 4.79 Å². The smallest absolute Gasteiger partial charge is 0.178 e. The fourth-order valence-corrected chi connectivity index (χ4v) is 2.65. The van der Waals surface area contributed by atoms with Crippen molar-refractivity contribution in [3.05, 3.63) is 23.0 Å². The molecule has 2 nitrogen and oxygen atoms in total. The SMILES string of the molecule is CCC(Br)C(=O)c1cc(C)n(C(C)(C)C)c1C. The summed E-state index contributed by atoms with van der Waals surface area (Å²) in [7, 11) is 0. The minimum Gasteiger partial charge on any atom is -0.343 e. The molecule has 0 aliphatic carbocycles. The van der Waals surface area contributed by atoms with Gasteiger partial charge in [-0.25, -0.2) is 0 Å². The molecule has 1 aromatic rings. The fourth-order valence-electron chi connectivity index (χ4n) is 2.40.